The van der Waals surface area contributed by atoms with Gasteiger partial charge in [-0.15, -0.1) is 0 Å². The second-order valence-corrected chi connectivity index (χ2v) is 8.43. The van der Waals surface area contributed by atoms with Crippen molar-refractivity contribution in [2.24, 2.45) is 0 Å². The summed E-state index contributed by atoms with van der Waals surface area (Å²) in [5.74, 6) is 0.648. The van der Waals surface area contributed by atoms with Crippen LogP contribution >= 0.6 is 0 Å². The molecule has 5 rings (SSSR count). The molecule has 0 amide bonds. The van der Waals surface area contributed by atoms with Crippen molar-refractivity contribution in [2.75, 3.05) is 25.5 Å². The largest absolute Gasteiger partial charge is 0.357 e. The average Bonchev–Trinajstić information content (AvgIpc) is 3.50. The summed E-state index contributed by atoms with van der Waals surface area (Å²) in [4.78, 5) is 17.3. The van der Waals surface area contributed by atoms with E-state index in [-0.39, 0.29) is 0 Å². The minimum atomic E-state index is 0.465. The van der Waals surface area contributed by atoms with Crippen LogP contribution in [0.5, 0.6) is 0 Å². The number of hydrogen-bond acceptors (Lipinski definition) is 6. The van der Waals surface area contributed by atoms with E-state index in [4.69, 9.17) is 4.98 Å². The van der Waals surface area contributed by atoms with Gasteiger partial charge in [-0.05, 0) is 50.9 Å². The number of H-pyrrole nitrogens is 1. The Morgan fingerprint density at radius 1 is 1.12 bits per heavy atom. The minimum Gasteiger partial charge on any atom is -0.357 e. The molecule has 166 valence electrons. The van der Waals surface area contributed by atoms with Crippen LogP contribution < -0.4 is 10.6 Å². The first-order valence-electron chi connectivity index (χ1n) is 11.5. The number of pyridine rings is 1. The molecular weight excluding hydrogens is 400 g/mol. The number of aromatic amines is 1. The number of anilines is 1. The molecule has 0 unspecified atom stereocenters. The van der Waals surface area contributed by atoms with Gasteiger partial charge in [0.25, 0.3) is 0 Å². The Morgan fingerprint density at radius 2 is 2.00 bits per heavy atom. The van der Waals surface area contributed by atoms with Crippen molar-refractivity contribution >= 4 is 17.0 Å². The number of nitrogens with zero attached hydrogens (tertiary/aromatic N) is 5. The molecule has 8 nitrogen and oxygen atoms in total. The van der Waals surface area contributed by atoms with Crippen LogP contribution in [0.15, 0.2) is 36.9 Å². The summed E-state index contributed by atoms with van der Waals surface area (Å²) < 4.78 is 2.11. The zero-order chi connectivity index (χ0) is 21.9. The van der Waals surface area contributed by atoms with Crippen LogP contribution in [0.3, 0.4) is 0 Å². The quantitative estimate of drug-likeness (QED) is 0.407. The van der Waals surface area contributed by atoms with Gasteiger partial charge in [-0.2, -0.15) is 5.10 Å². The molecule has 1 aliphatic rings. The van der Waals surface area contributed by atoms with E-state index in [1.54, 1.807) is 0 Å². The summed E-state index contributed by atoms with van der Waals surface area (Å²) in [6.07, 6.45) is 13.4. The summed E-state index contributed by atoms with van der Waals surface area (Å²) in [7, 11) is 1.86. The van der Waals surface area contributed by atoms with E-state index in [0.717, 1.165) is 84.3 Å². The molecule has 1 fully saturated rings. The van der Waals surface area contributed by atoms with Gasteiger partial charge in [0.15, 0.2) is 0 Å². The van der Waals surface area contributed by atoms with Crippen molar-refractivity contribution < 1.29 is 0 Å². The smallest absolute Gasteiger partial charge is 0.223 e. The molecule has 4 aromatic rings. The molecular formula is C24H30N8. The monoisotopic (exact) mass is 430 g/mol. The van der Waals surface area contributed by atoms with Gasteiger partial charge >= 0.3 is 0 Å². The topological polar surface area (TPSA) is 96.3 Å². The van der Waals surface area contributed by atoms with Crippen molar-refractivity contribution in [3.05, 3.63) is 42.6 Å². The maximum atomic E-state index is 4.73. The normalized spacial score (nSPS) is 14.8. The summed E-state index contributed by atoms with van der Waals surface area (Å²) in [5, 5.41) is 12.2. The Kier molecular flexibility index (Phi) is 5.85. The Morgan fingerprint density at radius 3 is 2.81 bits per heavy atom. The molecule has 1 aliphatic heterocycles. The number of aromatic nitrogens is 6. The van der Waals surface area contributed by atoms with Crippen molar-refractivity contribution in [2.45, 2.75) is 45.1 Å². The van der Waals surface area contributed by atoms with Gasteiger partial charge < -0.3 is 15.6 Å². The van der Waals surface area contributed by atoms with Crippen LogP contribution in [0.4, 0.5) is 5.95 Å². The second-order valence-electron chi connectivity index (χ2n) is 8.43. The van der Waals surface area contributed by atoms with Crippen LogP contribution in [-0.4, -0.2) is 49.9 Å². The van der Waals surface area contributed by atoms with Crippen molar-refractivity contribution in [3.8, 4) is 22.4 Å². The molecule has 0 radical (unpaired) electrons. The molecule has 32 heavy (non-hydrogen) atoms. The van der Waals surface area contributed by atoms with E-state index in [1.165, 1.54) is 0 Å². The molecule has 1 saturated heterocycles. The van der Waals surface area contributed by atoms with Crippen molar-refractivity contribution in [3.63, 3.8) is 0 Å². The van der Waals surface area contributed by atoms with E-state index in [2.05, 4.69) is 60.6 Å². The zero-order valence-electron chi connectivity index (χ0n) is 18.7. The third-order valence-electron chi connectivity index (χ3n) is 6.21. The molecule has 3 N–H and O–H groups in total. The molecule has 4 aromatic heterocycles. The lowest BCUT2D eigenvalue weighted by Crippen LogP contribution is -2.29. The average molecular weight is 431 g/mol. The van der Waals surface area contributed by atoms with Crippen LogP contribution in [0.2, 0.25) is 0 Å². The third kappa shape index (κ3) is 4.10. The fourth-order valence-corrected chi connectivity index (χ4v) is 4.36. The SMILES string of the molecule is CCCCc1cc(-c2c[nH]c3ncc(-c4cnn(C5CCNCC5)c4)cc23)nc(NC)n1. The predicted octanol–water partition coefficient (Wildman–Crippen LogP) is 4.19. The van der Waals surface area contributed by atoms with E-state index < -0.39 is 0 Å². The van der Waals surface area contributed by atoms with Gasteiger partial charge in [0.05, 0.1) is 17.9 Å². The minimum absolute atomic E-state index is 0.465. The molecule has 0 spiro atoms. The van der Waals surface area contributed by atoms with Crippen LogP contribution in [0, 0.1) is 0 Å². The number of nitrogens with one attached hydrogen (secondary N) is 3. The third-order valence-corrected chi connectivity index (χ3v) is 6.21. The molecule has 0 atom stereocenters. The van der Waals surface area contributed by atoms with Gasteiger partial charge in [-0.25, -0.2) is 15.0 Å². The number of aryl methyl sites for hydroxylation is 1. The Hall–Kier alpha value is -3.26. The highest BCUT2D eigenvalue weighted by Gasteiger charge is 2.17. The van der Waals surface area contributed by atoms with Crippen LogP contribution in [0.25, 0.3) is 33.4 Å². The van der Waals surface area contributed by atoms with Crippen LogP contribution in [0.1, 0.15) is 44.3 Å². The maximum absolute atomic E-state index is 4.73. The van der Waals surface area contributed by atoms with E-state index >= 15 is 0 Å². The molecule has 0 aliphatic carbocycles. The van der Waals surface area contributed by atoms with Gasteiger partial charge in [0.1, 0.15) is 5.65 Å². The predicted molar refractivity (Wildman–Crippen MR) is 128 cm³/mol. The van der Waals surface area contributed by atoms with Gasteiger partial charge in [0.2, 0.25) is 5.95 Å². The fourth-order valence-electron chi connectivity index (χ4n) is 4.36. The van der Waals surface area contributed by atoms with E-state index in [1.807, 2.05) is 25.6 Å². The molecule has 8 heteroatoms. The first kappa shape index (κ1) is 20.6. The Labute approximate surface area is 187 Å². The highest BCUT2D eigenvalue weighted by atomic mass is 15.3. The first-order chi connectivity index (χ1) is 15.7. The number of rotatable bonds is 7. The molecule has 0 saturated carbocycles. The van der Waals surface area contributed by atoms with Crippen molar-refractivity contribution in [1.29, 1.82) is 0 Å². The lowest BCUT2D eigenvalue weighted by molar-refractivity contribution is 0.343. The standard InChI is InChI=1S/C24H30N8/c1-3-4-5-18-11-22(31-24(25-2)30-18)21-14-28-23-20(21)10-16(12-27-23)17-13-29-32(15-17)19-6-8-26-9-7-19/h10-15,19,26H,3-9H2,1-2H3,(H,27,28)(H,25,30,31). The lowest BCUT2D eigenvalue weighted by atomic mass is 10.1. The van der Waals surface area contributed by atoms with Gasteiger partial charge in [-0.3, -0.25) is 4.68 Å². The van der Waals surface area contributed by atoms with Gasteiger partial charge in [0, 0.05) is 53.4 Å². The summed E-state index contributed by atoms with van der Waals surface area (Å²) >= 11 is 0. The van der Waals surface area contributed by atoms with Crippen molar-refractivity contribution in [1.82, 2.24) is 35.0 Å². The molecule has 5 heterocycles. The second kappa shape index (κ2) is 9.08. The number of piperidine rings is 1. The van der Waals surface area contributed by atoms with Crippen LogP contribution in [-0.2, 0) is 6.42 Å². The Bertz CT molecular complexity index is 1200. The maximum Gasteiger partial charge on any atom is 0.223 e. The highest BCUT2D eigenvalue weighted by Crippen LogP contribution is 2.31. The summed E-state index contributed by atoms with van der Waals surface area (Å²) in [6, 6.07) is 4.75. The van der Waals surface area contributed by atoms with Gasteiger partial charge in [-0.1, -0.05) is 13.3 Å². The van der Waals surface area contributed by atoms with E-state index in [9.17, 15) is 0 Å². The Balaban J connectivity index is 1.50. The summed E-state index contributed by atoms with van der Waals surface area (Å²) in [5.41, 5.74) is 6.01. The number of unbranched alkanes of at least 4 members (excludes halogenated alkanes) is 1. The van der Waals surface area contributed by atoms with E-state index in [0.29, 0.717) is 12.0 Å². The highest BCUT2D eigenvalue weighted by molar-refractivity contribution is 5.95. The molecule has 0 aromatic carbocycles. The number of hydrogen-bond donors (Lipinski definition) is 3. The molecule has 0 bridgehead atoms. The fraction of sp³-hybridized carbons (Fsp3) is 0.417. The zero-order valence-corrected chi connectivity index (χ0v) is 18.7. The summed E-state index contributed by atoms with van der Waals surface area (Å²) in [6.45, 7) is 4.29. The lowest BCUT2D eigenvalue weighted by Gasteiger charge is -2.22. The first-order valence-corrected chi connectivity index (χ1v) is 11.5. The number of fused-ring (bicyclic) bond motifs is 1.